The van der Waals surface area contributed by atoms with Crippen molar-refractivity contribution in [1.82, 2.24) is 4.98 Å². The zero-order valence-electron chi connectivity index (χ0n) is 14.8. The van der Waals surface area contributed by atoms with Crippen LogP contribution in [-0.4, -0.2) is 22.5 Å². The molecule has 146 valence electrons. The number of hydrogen-bond donors (Lipinski definition) is 1. The van der Waals surface area contributed by atoms with Gasteiger partial charge in [-0.3, -0.25) is 0 Å². The number of nitrogens with zero attached hydrogens (tertiary/aromatic N) is 1. The van der Waals surface area contributed by atoms with E-state index < -0.39 is 14.7 Å². The van der Waals surface area contributed by atoms with E-state index in [1.54, 1.807) is 6.07 Å². The zero-order chi connectivity index (χ0) is 19.6. The van der Waals surface area contributed by atoms with Crippen LogP contribution in [0.4, 0.5) is 8.78 Å². The highest BCUT2D eigenvalue weighted by Crippen LogP contribution is 2.39. The number of aromatic amines is 1. The normalized spacial score (nSPS) is 11.7. The minimum atomic E-state index is -5.62. The molecular weight excluding hydrogens is 382 g/mol. The van der Waals surface area contributed by atoms with Crippen molar-refractivity contribution in [3.05, 3.63) is 48.5 Å². The Bertz CT molecular complexity index is 750. The summed E-state index contributed by atoms with van der Waals surface area (Å²) in [6, 6.07) is 7.12. The lowest BCUT2D eigenvalue weighted by atomic mass is 10.1. The third kappa shape index (κ3) is 7.84. The molecule has 0 aliphatic rings. The molecule has 2 rings (SSSR count). The molecule has 1 aromatic carbocycles. The number of alkyl halides is 2. The summed E-state index contributed by atoms with van der Waals surface area (Å²) < 4.78 is 53.6. The van der Waals surface area contributed by atoms with E-state index in [4.69, 9.17) is 0 Å². The Labute approximate surface area is 157 Å². The molecule has 0 aliphatic carbocycles. The van der Waals surface area contributed by atoms with Gasteiger partial charge in [0, 0.05) is 11.3 Å². The first kappa shape index (κ1) is 22.6. The van der Waals surface area contributed by atoms with Crippen molar-refractivity contribution in [2.75, 3.05) is 0 Å². The molecule has 0 atom stereocenters. The van der Waals surface area contributed by atoms with Crippen LogP contribution in [0.1, 0.15) is 38.4 Å². The number of benzene rings is 1. The van der Waals surface area contributed by atoms with Crippen molar-refractivity contribution in [2.24, 2.45) is 7.05 Å². The Balaban J connectivity index is 0.000000263. The van der Waals surface area contributed by atoms with Crippen LogP contribution < -0.4 is 4.57 Å². The molecule has 26 heavy (non-hydrogen) atoms. The molecule has 0 radical (unpaired) electrons. The number of aryl methyl sites for hydroxylation is 2. The molecule has 1 heterocycles. The van der Waals surface area contributed by atoms with E-state index in [9.17, 15) is 21.8 Å². The van der Waals surface area contributed by atoms with Gasteiger partial charge in [0.05, 0.1) is 7.05 Å². The molecular formula is C17H24F2N2O3S2. The number of unbranched alkanes of at least 4 members (excludes halogenated alkanes) is 3. The smallest absolute Gasteiger partial charge is 0.386 e. The Morgan fingerprint density at radius 2 is 1.85 bits per heavy atom. The SMILES string of the molecule is CCCCCCc1[nH]cc[n+]1C.O=S(=O)([O-])C(F)(F)Sc1ccccc1. The first-order chi connectivity index (χ1) is 12.2. The second-order valence-corrected chi connectivity index (χ2v) is 8.53. The highest BCUT2D eigenvalue weighted by molar-refractivity contribution is 8.12. The van der Waals surface area contributed by atoms with Gasteiger partial charge in [-0.15, -0.1) is 0 Å². The fraction of sp³-hybridized carbons (Fsp3) is 0.471. The number of halogens is 2. The van der Waals surface area contributed by atoms with Crippen LogP contribution in [0.5, 0.6) is 0 Å². The summed E-state index contributed by atoms with van der Waals surface area (Å²) >= 11 is -0.281. The van der Waals surface area contributed by atoms with Crippen LogP contribution in [0, 0.1) is 0 Å². The van der Waals surface area contributed by atoms with Crippen LogP contribution in [0.3, 0.4) is 0 Å². The van der Waals surface area contributed by atoms with Gasteiger partial charge in [0.1, 0.15) is 12.4 Å². The predicted octanol–water partition coefficient (Wildman–Crippen LogP) is 3.84. The van der Waals surface area contributed by atoms with Crippen LogP contribution in [-0.2, 0) is 23.6 Å². The lowest BCUT2D eigenvalue weighted by Gasteiger charge is -2.18. The quantitative estimate of drug-likeness (QED) is 0.313. The molecule has 1 N–H and O–H groups in total. The van der Waals surface area contributed by atoms with E-state index >= 15 is 0 Å². The highest BCUT2D eigenvalue weighted by Gasteiger charge is 2.38. The molecule has 0 saturated carbocycles. The molecule has 9 heteroatoms. The molecule has 0 bridgehead atoms. The second-order valence-electron chi connectivity index (χ2n) is 5.66. The van der Waals surface area contributed by atoms with Gasteiger partial charge in [-0.2, -0.15) is 8.78 Å². The van der Waals surface area contributed by atoms with E-state index in [0.717, 1.165) is 0 Å². The van der Waals surface area contributed by atoms with E-state index in [-0.39, 0.29) is 16.7 Å². The minimum Gasteiger partial charge on any atom is -0.743 e. The van der Waals surface area contributed by atoms with Crippen molar-refractivity contribution in [1.29, 1.82) is 0 Å². The predicted molar refractivity (Wildman–Crippen MR) is 96.8 cm³/mol. The van der Waals surface area contributed by atoms with Gasteiger partial charge in [0.15, 0.2) is 10.1 Å². The van der Waals surface area contributed by atoms with Gasteiger partial charge in [0.2, 0.25) is 0 Å². The molecule has 5 nitrogen and oxygen atoms in total. The number of imidazole rings is 1. The van der Waals surface area contributed by atoms with Crippen LogP contribution >= 0.6 is 11.8 Å². The maximum atomic E-state index is 12.7. The number of thioether (sulfide) groups is 1. The molecule has 0 amide bonds. The largest absolute Gasteiger partial charge is 0.743 e. The summed E-state index contributed by atoms with van der Waals surface area (Å²) in [5.41, 5.74) is 0. The van der Waals surface area contributed by atoms with Gasteiger partial charge in [-0.25, -0.2) is 18.0 Å². The number of H-pyrrole nitrogens is 1. The maximum Gasteiger partial charge on any atom is 0.386 e. The summed E-state index contributed by atoms with van der Waals surface area (Å²) in [6.45, 7) is 2.24. The standard InChI is InChI=1S/C10H18N2.C7H6F2O3S2/c1-3-4-5-6-7-10-11-8-9-12(10)2;8-7(9,14(10,11)12)13-6-4-2-1-3-5-6/h8-9H,3-7H2,1-2H3;1-5H,(H,10,11,12). The Morgan fingerprint density at radius 3 is 2.35 bits per heavy atom. The number of nitrogens with one attached hydrogen (secondary N) is 1. The third-order valence-corrected chi connectivity index (χ3v) is 5.70. The van der Waals surface area contributed by atoms with E-state index in [1.165, 1.54) is 62.2 Å². The maximum absolute atomic E-state index is 12.7. The molecule has 0 unspecified atom stereocenters. The van der Waals surface area contributed by atoms with Crippen molar-refractivity contribution >= 4 is 21.9 Å². The Kier molecular flexibility index (Phi) is 9.24. The Hall–Kier alpha value is -1.45. The summed E-state index contributed by atoms with van der Waals surface area (Å²) in [6.07, 6.45) is 10.6. The van der Waals surface area contributed by atoms with Crippen molar-refractivity contribution < 1.29 is 26.3 Å². The molecule has 2 aromatic rings. The summed E-state index contributed by atoms with van der Waals surface area (Å²) in [7, 11) is -3.53. The molecule has 0 saturated heterocycles. The fourth-order valence-electron chi connectivity index (χ4n) is 2.08. The first-order valence-corrected chi connectivity index (χ1v) is 10.5. The van der Waals surface area contributed by atoms with Gasteiger partial charge in [-0.05, 0) is 30.3 Å². The van der Waals surface area contributed by atoms with Gasteiger partial charge in [-0.1, -0.05) is 44.4 Å². The molecule has 0 fully saturated rings. The minimum absolute atomic E-state index is 0.0249. The van der Waals surface area contributed by atoms with Gasteiger partial charge in [0.25, 0.3) is 5.82 Å². The van der Waals surface area contributed by atoms with Crippen LogP contribution in [0.25, 0.3) is 0 Å². The van der Waals surface area contributed by atoms with E-state index in [1.807, 2.05) is 6.20 Å². The number of aromatic nitrogens is 2. The number of hydrogen-bond acceptors (Lipinski definition) is 4. The van der Waals surface area contributed by atoms with Gasteiger partial charge < -0.3 is 4.55 Å². The molecule has 0 aliphatic heterocycles. The average Bonchev–Trinajstić information content (AvgIpc) is 2.97. The first-order valence-electron chi connectivity index (χ1n) is 8.26. The van der Waals surface area contributed by atoms with Crippen LogP contribution in [0.15, 0.2) is 47.6 Å². The monoisotopic (exact) mass is 406 g/mol. The van der Waals surface area contributed by atoms with Crippen LogP contribution in [0.2, 0.25) is 0 Å². The average molecular weight is 407 g/mol. The fourth-order valence-corrected chi connectivity index (χ4v) is 3.35. The zero-order valence-corrected chi connectivity index (χ0v) is 16.5. The highest BCUT2D eigenvalue weighted by atomic mass is 32.3. The molecule has 0 spiro atoms. The number of rotatable bonds is 8. The Morgan fingerprint density at radius 1 is 1.19 bits per heavy atom. The van der Waals surface area contributed by atoms with Crippen molar-refractivity contribution in [3.8, 4) is 0 Å². The molecule has 1 aromatic heterocycles. The lowest BCUT2D eigenvalue weighted by molar-refractivity contribution is -0.677. The topological polar surface area (TPSA) is 76.9 Å². The third-order valence-electron chi connectivity index (χ3n) is 3.51. The summed E-state index contributed by atoms with van der Waals surface area (Å²) in [5.74, 6) is 1.34. The van der Waals surface area contributed by atoms with Crippen molar-refractivity contribution in [3.63, 3.8) is 0 Å². The van der Waals surface area contributed by atoms with Crippen molar-refractivity contribution in [2.45, 2.75) is 48.5 Å². The second kappa shape index (κ2) is 10.6. The van der Waals surface area contributed by atoms with Gasteiger partial charge >= 0.3 is 4.59 Å². The van der Waals surface area contributed by atoms with E-state index in [2.05, 4.69) is 29.7 Å². The lowest BCUT2D eigenvalue weighted by Crippen LogP contribution is -2.30. The summed E-state index contributed by atoms with van der Waals surface area (Å²) in [4.78, 5) is 3.27. The summed E-state index contributed by atoms with van der Waals surface area (Å²) in [5, 5.41) is 0. The van der Waals surface area contributed by atoms with E-state index in [0.29, 0.717) is 0 Å².